The molecule has 9 nitrogen and oxygen atoms in total. The maximum Gasteiger partial charge on any atom is 0.328 e. The summed E-state index contributed by atoms with van der Waals surface area (Å²) in [5.74, 6) is -3.38. The minimum absolute atomic E-state index is 0.0475. The van der Waals surface area contributed by atoms with Crippen molar-refractivity contribution in [3.8, 4) is 0 Å². The maximum absolute atomic E-state index is 12.8. The van der Waals surface area contributed by atoms with Gasteiger partial charge in [0.25, 0.3) is 0 Å². The van der Waals surface area contributed by atoms with Gasteiger partial charge in [-0.2, -0.15) is 4.99 Å². The quantitative estimate of drug-likeness (QED) is 0.299. The number of nitrogens with two attached hydrogens (primary N) is 3. The van der Waals surface area contributed by atoms with Crippen LogP contribution < -0.4 is 17.2 Å². The third-order valence-corrected chi connectivity index (χ3v) is 2.05. The second kappa shape index (κ2) is 9.73. The molecule has 1 rings (SSSR count). The van der Waals surface area contributed by atoms with Gasteiger partial charge >= 0.3 is 11.9 Å². The number of carbonyl (C=O) groups is 2. The van der Waals surface area contributed by atoms with Crippen molar-refractivity contribution in [2.75, 3.05) is 0 Å². The fourth-order valence-electron chi connectivity index (χ4n) is 0.987. The van der Waals surface area contributed by atoms with Crippen LogP contribution in [0.5, 0.6) is 0 Å². The van der Waals surface area contributed by atoms with E-state index in [1.54, 1.807) is 0 Å². The van der Waals surface area contributed by atoms with E-state index in [4.69, 9.17) is 39.0 Å². The molecule has 11 heteroatoms. The first-order valence-electron chi connectivity index (χ1n) is 5.64. The van der Waals surface area contributed by atoms with Crippen molar-refractivity contribution in [2.24, 2.45) is 27.2 Å². The standard InChI is InChI=1S/C8H9ClFN5.C4H4O4/c9-5-3-4(1-2-6(5)10)14-8(13)15-7(11)12;5-3(6)1-2-4(7)8/h1-3H,(H6,11,12,13,14,15);1-2H,(H,5,6)(H,7,8)/b;2-1-. The van der Waals surface area contributed by atoms with E-state index in [2.05, 4.69) is 9.98 Å². The molecular formula is C12H13ClFN5O4. The second-order valence-corrected chi connectivity index (χ2v) is 4.02. The summed E-state index contributed by atoms with van der Waals surface area (Å²) in [4.78, 5) is 26.4. The van der Waals surface area contributed by atoms with Crippen LogP contribution in [0.25, 0.3) is 0 Å². The van der Waals surface area contributed by atoms with Gasteiger partial charge in [-0.1, -0.05) is 11.6 Å². The van der Waals surface area contributed by atoms with Gasteiger partial charge < -0.3 is 27.4 Å². The van der Waals surface area contributed by atoms with Gasteiger partial charge in [-0.3, -0.25) is 0 Å². The largest absolute Gasteiger partial charge is 0.478 e. The van der Waals surface area contributed by atoms with Crippen molar-refractivity contribution < 1.29 is 24.2 Å². The molecule has 0 aliphatic rings. The molecule has 0 radical (unpaired) electrons. The first-order chi connectivity index (χ1) is 10.6. The van der Waals surface area contributed by atoms with Crippen LogP contribution in [0, 0.1) is 5.82 Å². The summed E-state index contributed by atoms with van der Waals surface area (Å²) in [6.07, 6.45) is 1.12. The van der Waals surface area contributed by atoms with E-state index in [0.29, 0.717) is 17.8 Å². The van der Waals surface area contributed by atoms with Gasteiger partial charge in [0.05, 0.1) is 10.7 Å². The first kappa shape index (κ1) is 19.9. The number of carboxylic acids is 2. The predicted molar refractivity (Wildman–Crippen MR) is 82.9 cm³/mol. The Morgan fingerprint density at radius 3 is 2.04 bits per heavy atom. The number of rotatable bonds is 3. The van der Waals surface area contributed by atoms with Crippen molar-refractivity contribution >= 4 is 41.1 Å². The topological polar surface area (TPSA) is 177 Å². The zero-order valence-corrected chi connectivity index (χ0v) is 12.2. The molecule has 0 saturated carbocycles. The SMILES string of the molecule is NC(N)=NC(N)=Nc1ccc(F)c(Cl)c1.O=C(O)/C=C\C(=O)O. The number of aliphatic imine (C=N–C) groups is 2. The second-order valence-electron chi connectivity index (χ2n) is 3.61. The van der Waals surface area contributed by atoms with Crippen LogP contribution in [0.15, 0.2) is 40.3 Å². The molecule has 0 spiro atoms. The van der Waals surface area contributed by atoms with Crippen LogP contribution in [0.3, 0.4) is 0 Å². The molecule has 1 aromatic carbocycles. The minimum Gasteiger partial charge on any atom is -0.478 e. The van der Waals surface area contributed by atoms with Crippen molar-refractivity contribution in [2.45, 2.75) is 0 Å². The van der Waals surface area contributed by atoms with E-state index >= 15 is 0 Å². The van der Waals surface area contributed by atoms with E-state index in [0.717, 1.165) is 0 Å². The molecule has 0 fully saturated rings. The molecule has 0 heterocycles. The van der Waals surface area contributed by atoms with Gasteiger partial charge in [-0.15, -0.1) is 0 Å². The monoisotopic (exact) mass is 345 g/mol. The number of carboxylic acid groups (broad SMARTS) is 2. The third kappa shape index (κ3) is 10.3. The smallest absolute Gasteiger partial charge is 0.328 e. The van der Waals surface area contributed by atoms with Crippen molar-refractivity contribution in [1.82, 2.24) is 0 Å². The molecule has 124 valence electrons. The van der Waals surface area contributed by atoms with Gasteiger partial charge in [0.2, 0.25) is 5.96 Å². The lowest BCUT2D eigenvalue weighted by molar-refractivity contribution is -0.134. The summed E-state index contributed by atoms with van der Waals surface area (Å²) < 4.78 is 12.8. The zero-order valence-electron chi connectivity index (χ0n) is 11.5. The summed E-state index contributed by atoms with van der Waals surface area (Å²) in [6.45, 7) is 0. The minimum atomic E-state index is -1.26. The van der Waals surface area contributed by atoms with Crippen molar-refractivity contribution in [3.05, 3.63) is 41.2 Å². The van der Waals surface area contributed by atoms with E-state index in [9.17, 15) is 14.0 Å². The lowest BCUT2D eigenvalue weighted by Gasteiger charge is -1.97. The molecule has 0 saturated heterocycles. The maximum atomic E-state index is 12.8. The third-order valence-electron chi connectivity index (χ3n) is 1.76. The Morgan fingerprint density at radius 1 is 1.13 bits per heavy atom. The molecule has 0 aliphatic heterocycles. The Hall–Kier alpha value is -3.14. The van der Waals surface area contributed by atoms with Crippen molar-refractivity contribution in [1.29, 1.82) is 0 Å². The zero-order chi connectivity index (χ0) is 18.0. The first-order valence-corrected chi connectivity index (χ1v) is 6.02. The number of aliphatic carboxylic acids is 2. The van der Waals surface area contributed by atoms with Gasteiger partial charge in [-0.05, 0) is 18.2 Å². The highest BCUT2D eigenvalue weighted by Crippen LogP contribution is 2.21. The summed E-state index contributed by atoms with van der Waals surface area (Å²) in [7, 11) is 0. The van der Waals surface area contributed by atoms with Gasteiger partial charge in [0.15, 0.2) is 5.96 Å². The fraction of sp³-hybridized carbons (Fsp3) is 0. The molecule has 0 unspecified atom stereocenters. The lowest BCUT2D eigenvalue weighted by Crippen LogP contribution is -2.26. The van der Waals surface area contributed by atoms with Crippen LogP contribution in [0.1, 0.15) is 0 Å². The van der Waals surface area contributed by atoms with Gasteiger partial charge in [0, 0.05) is 12.2 Å². The Kier molecular flexibility index (Phi) is 8.41. The fourth-order valence-corrected chi connectivity index (χ4v) is 1.16. The van der Waals surface area contributed by atoms with Crippen LogP contribution in [-0.2, 0) is 9.59 Å². The summed E-state index contributed by atoms with van der Waals surface area (Å²) in [6, 6.07) is 3.88. The molecule has 0 aromatic heterocycles. The summed E-state index contributed by atoms with van der Waals surface area (Å²) in [5, 5.41) is 15.6. The van der Waals surface area contributed by atoms with Crippen LogP contribution in [0.4, 0.5) is 10.1 Å². The molecule has 0 amide bonds. The van der Waals surface area contributed by atoms with E-state index in [1.165, 1.54) is 18.2 Å². The molecule has 23 heavy (non-hydrogen) atoms. The predicted octanol–water partition coefficient (Wildman–Crippen LogP) is 0.411. The Bertz CT molecular complexity index is 655. The lowest BCUT2D eigenvalue weighted by atomic mass is 10.3. The normalized spacial score (nSPS) is 10.6. The average molecular weight is 346 g/mol. The molecule has 0 bridgehead atoms. The summed E-state index contributed by atoms with van der Waals surface area (Å²) in [5.41, 5.74) is 15.9. The number of hydrogen-bond donors (Lipinski definition) is 5. The number of nitrogens with zero attached hydrogens (tertiary/aromatic N) is 2. The van der Waals surface area contributed by atoms with Gasteiger partial charge in [-0.25, -0.2) is 19.0 Å². The number of hydrogen-bond acceptors (Lipinski definition) is 3. The van der Waals surface area contributed by atoms with E-state index < -0.39 is 17.8 Å². The van der Waals surface area contributed by atoms with Gasteiger partial charge in [0.1, 0.15) is 5.82 Å². The molecule has 0 aliphatic carbocycles. The Morgan fingerprint density at radius 2 is 1.65 bits per heavy atom. The number of guanidine groups is 2. The van der Waals surface area contributed by atoms with Crippen LogP contribution >= 0.6 is 11.6 Å². The van der Waals surface area contributed by atoms with Crippen LogP contribution in [-0.4, -0.2) is 34.1 Å². The Labute approximate surface area is 134 Å². The summed E-state index contributed by atoms with van der Waals surface area (Å²) >= 11 is 5.53. The molecule has 0 atom stereocenters. The highest BCUT2D eigenvalue weighted by atomic mass is 35.5. The van der Waals surface area contributed by atoms with E-state index in [1.807, 2.05) is 0 Å². The highest BCUT2D eigenvalue weighted by Gasteiger charge is 2.00. The molecular weight excluding hydrogens is 333 g/mol. The average Bonchev–Trinajstić information content (AvgIpc) is 2.40. The van der Waals surface area contributed by atoms with E-state index in [-0.39, 0.29) is 16.9 Å². The molecule has 1 aromatic rings. The Balaban J connectivity index is 0.000000515. The van der Waals surface area contributed by atoms with Crippen LogP contribution in [0.2, 0.25) is 5.02 Å². The molecule has 8 N–H and O–H groups in total. The van der Waals surface area contributed by atoms with Crippen molar-refractivity contribution in [3.63, 3.8) is 0 Å². The number of benzene rings is 1. The highest BCUT2D eigenvalue weighted by molar-refractivity contribution is 6.31. The number of halogens is 2.